The highest BCUT2D eigenvalue weighted by Gasteiger charge is 2.04. The van der Waals surface area contributed by atoms with Crippen molar-refractivity contribution in [1.82, 2.24) is 5.32 Å². The number of hydrogen-bond donors (Lipinski definition) is 1. The van der Waals surface area contributed by atoms with Gasteiger partial charge in [0.25, 0.3) is 0 Å². The molecule has 114 valence electrons. The van der Waals surface area contributed by atoms with E-state index in [-0.39, 0.29) is 0 Å². The first-order chi connectivity index (χ1) is 10.1. The Labute approximate surface area is 132 Å². The zero-order valence-electron chi connectivity index (χ0n) is 13.4. The lowest BCUT2D eigenvalue weighted by Crippen LogP contribution is -2.20. The molecule has 0 radical (unpaired) electrons. The maximum Gasteiger partial charge on any atom is 0.119 e. The van der Waals surface area contributed by atoms with Gasteiger partial charge in [-0.15, -0.1) is 11.3 Å². The van der Waals surface area contributed by atoms with Crippen LogP contribution in [-0.4, -0.2) is 13.2 Å². The normalized spacial score (nSPS) is 11.1. The fourth-order valence-corrected chi connectivity index (χ4v) is 3.28. The predicted octanol–water partition coefficient (Wildman–Crippen LogP) is 4.66. The number of benzene rings is 1. The Balaban J connectivity index is 1.72. The van der Waals surface area contributed by atoms with Crippen molar-refractivity contribution < 1.29 is 4.74 Å². The molecule has 0 fully saturated rings. The van der Waals surface area contributed by atoms with Crippen LogP contribution in [0, 0.1) is 13.8 Å². The van der Waals surface area contributed by atoms with Crippen molar-refractivity contribution >= 4 is 11.3 Å². The van der Waals surface area contributed by atoms with E-state index in [1.165, 1.54) is 20.9 Å². The Morgan fingerprint density at radius 2 is 1.95 bits per heavy atom. The lowest BCUT2D eigenvalue weighted by Gasteiger charge is -2.12. The Kier molecular flexibility index (Phi) is 5.83. The van der Waals surface area contributed by atoms with Crippen LogP contribution in [0.25, 0.3) is 0 Å². The molecule has 0 unspecified atom stereocenters. The van der Waals surface area contributed by atoms with E-state index >= 15 is 0 Å². The fourth-order valence-electron chi connectivity index (χ4n) is 2.42. The van der Waals surface area contributed by atoms with E-state index in [1.54, 1.807) is 0 Å². The maximum atomic E-state index is 5.81. The van der Waals surface area contributed by atoms with E-state index in [1.807, 2.05) is 11.3 Å². The minimum absolute atomic E-state index is 0.565. The first-order valence-electron chi connectivity index (χ1n) is 7.55. The summed E-state index contributed by atoms with van der Waals surface area (Å²) in [6.45, 7) is 11.2. The summed E-state index contributed by atoms with van der Waals surface area (Å²) >= 11 is 1.85. The third kappa shape index (κ3) is 4.87. The van der Waals surface area contributed by atoms with Crippen molar-refractivity contribution in [2.75, 3.05) is 13.2 Å². The molecule has 0 saturated heterocycles. The predicted molar refractivity (Wildman–Crippen MR) is 91.5 cm³/mol. The second-order valence-corrected chi connectivity index (χ2v) is 7.08. The average Bonchev–Trinajstić information content (AvgIpc) is 2.84. The van der Waals surface area contributed by atoms with E-state index in [9.17, 15) is 0 Å². The van der Waals surface area contributed by atoms with Crippen LogP contribution in [-0.2, 0) is 6.54 Å². The molecule has 1 N–H and O–H groups in total. The molecule has 0 amide bonds. The molecule has 1 aromatic heterocycles. The first kappa shape index (κ1) is 16.1. The summed E-state index contributed by atoms with van der Waals surface area (Å²) in [6, 6.07) is 10.7. The minimum atomic E-state index is 0.565. The van der Waals surface area contributed by atoms with Crippen LogP contribution in [0.4, 0.5) is 0 Å². The summed E-state index contributed by atoms with van der Waals surface area (Å²) in [5, 5.41) is 3.41. The van der Waals surface area contributed by atoms with Crippen molar-refractivity contribution in [3.8, 4) is 5.75 Å². The van der Waals surface area contributed by atoms with E-state index in [0.717, 1.165) is 18.8 Å². The van der Waals surface area contributed by atoms with E-state index < -0.39 is 0 Å². The molecule has 2 rings (SSSR count). The van der Waals surface area contributed by atoms with Crippen LogP contribution in [0.1, 0.15) is 40.6 Å². The Bertz CT molecular complexity index is 574. The molecule has 0 spiro atoms. The average molecular weight is 303 g/mol. The highest BCUT2D eigenvalue weighted by Crippen LogP contribution is 2.23. The molecule has 0 aliphatic carbocycles. The zero-order chi connectivity index (χ0) is 15.2. The highest BCUT2D eigenvalue weighted by atomic mass is 32.1. The van der Waals surface area contributed by atoms with E-state index in [2.05, 4.69) is 63.3 Å². The topological polar surface area (TPSA) is 21.3 Å². The zero-order valence-corrected chi connectivity index (χ0v) is 14.2. The van der Waals surface area contributed by atoms with Gasteiger partial charge in [-0.25, -0.2) is 0 Å². The molecule has 2 nitrogen and oxygen atoms in total. The molecule has 1 aromatic carbocycles. The SMILES string of the molecule is Cc1ccc(CNCCOc2ccc(C(C)C)c(C)c2)s1. The van der Waals surface area contributed by atoms with Gasteiger partial charge in [-0.1, -0.05) is 19.9 Å². The molecule has 2 aromatic rings. The molecule has 0 bridgehead atoms. The maximum absolute atomic E-state index is 5.81. The Hall–Kier alpha value is -1.32. The molecule has 21 heavy (non-hydrogen) atoms. The molecule has 0 aliphatic rings. The quantitative estimate of drug-likeness (QED) is 0.751. The summed E-state index contributed by atoms with van der Waals surface area (Å²) in [5.74, 6) is 1.53. The second-order valence-electron chi connectivity index (χ2n) is 5.71. The van der Waals surface area contributed by atoms with Gasteiger partial charge in [0.15, 0.2) is 0 Å². The van der Waals surface area contributed by atoms with Crippen molar-refractivity contribution in [2.24, 2.45) is 0 Å². The van der Waals surface area contributed by atoms with Gasteiger partial charge in [-0.3, -0.25) is 0 Å². The van der Waals surface area contributed by atoms with Crippen LogP contribution in [0.2, 0.25) is 0 Å². The summed E-state index contributed by atoms with van der Waals surface area (Å²) in [5.41, 5.74) is 2.71. The van der Waals surface area contributed by atoms with Crippen LogP contribution in [0.5, 0.6) is 5.75 Å². The molecule has 3 heteroatoms. The number of ether oxygens (including phenoxy) is 1. The fraction of sp³-hybridized carbons (Fsp3) is 0.444. The van der Waals surface area contributed by atoms with Gasteiger partial charge in [0.1, 0.15) is 12.4 Å². The van der Waals surface area contributed by atoms with E-state index in [4.69, 9.17) is 4.74 Å². The van der Waals surface area contributed by atoms with Crippen molar-refractivity contribution in [3.63, 3.8) is 0 Å². The van der Waals surface area contributed by atoms with Crippen molar-refractivity contribution in [3.05, 3.63) is 51.2 Å². The van der Waals surface area contributed by atoms with Crippen molar-refractivity contribution in [1.29, 1.82) is 0 Å². The first-order valence-corrected chi connectivity index (χ1v) is 8.37. The number of hydrogen-bond acceptors (Lipinski definition) is 3. The summed E-state index contributed by atoms with van der Waals surface area (Å²) < 4.78 is 5.81. The third-order valence-corrected chi connectivity index (χ3v) is 4.51. The van der Waals surface area contributed by atoms with Crippen LogP contribution >= 0.6 is 11.3 Å². The van der Waals surface area contributed by atoms with Gasteiger partial charge >= 0.3 is 0 Å². The van der Waals surface area contributed by atoms with Crippen molar-refractivity contribution in [2.45, 2.75) is 40.2 Å². The second kappa shape index (κ2) is 7.62. The largest absolute Gasteiger partial charge is 0.492 e. The lowest BCUT2D eigenvalue weighted by atomic mass is 9.98. The summed E-state index contributed by atoms with van der Waals surface area (Å²) in [4.78, 5) is 2.74. The van der Waals surface area contributed by atoms with Gasteiger partial charge in [-0.2, -0.15) is 0 Å². The molecule has 0 aliphatic heterocycles. The van der Waals surface area contributed by atoms with Gasteiger partial charge in [-0.05, 0) is 55.2 Å². The Morgan fingerprint density at radius 1 is 1.14 bits per heavy atom. The van der Waals surface area contributed by atoms with Gasteiger partial charge in [0, 0.05) is 22.8 Å². The Morgan fingerprint density at radius 3 is 2.57 bits per heavy atom. The van der Waals surface area contributed by atoms with Gasteiger partial charge in [0.05, 0.1) is 0 Å². The molecule has 0 saturated carbocycles. The third-order valence-electron chi connectivity index (χ3n) is 3.51. The highest BCUT2D eigenvalue weighted by molar-refractivity contribution is 7.11. The lowest BCUT2D eigenvalue weighted by molar-refractivity contribution is 0.313. The van der Waals surface area contributed by atoms with Gasteiger partial charge < -0.3 is 10.1 Å². The van der Waals surface area contributed by atoms with Crippen LogP contribution in [0.3, 0.4) is 0 Å². The van der Waals surface area contributed by atoms with Crippen LogP contribution in [0.15, 0.2) is 30.3 Å². The molecule has 1 heterocycles. The summed E-state index contributed by atoms with van der Waals surface area (Å²) in [7, 11) is 0. The monoisotopic (exact) mass is 303 g/mol. The smallest absolute Gasteiger partial charge is 0.119 e. The molecular weight excluding hydrogens is 278 g/mol. The summed E-state index contributed by atoms with van der Waals surface area (Å²) in [6.07, 6.45) is 0. The van der Waals surface area contributed by atoms with Gasteiger partial charge in [0.2, 0.25) is 0 Å². The number of nitrogens with one attached hydrogen (secondary N) is 1. The number of rotatable bonds is 7. The number of aryl methyl sites for hydroxylation is 2. The number of thiophene rings is 1. The minimum Gasteiger partial charge on any atom is -0.492 e. The molecule has 0 atom stereocenters. The molecular formula is C18H25NOS. The van der Waals surface area contributed by atoms with E-state index in [0.29, 0.717) is 12.5 Å². The standard InChI is InChI=1S/C18H25NOS/c1-13(2)18-8-6-16(11-14(18)3)20-10-9-19-12-17-7-5-15(4)21-17/h5-8,11,13,19H,9-10,12H2,1-4H3. The van der Waals surface area contributed by atoms with Crippen LogP contribution < -0.4 is 10.1 Å².